The third kappa shape index (κ3) is 3.26. The summed E-state index contributed by atoms with van der Waals surface area (Å²) in [7, 11) is 0. The van der Waals surface area contributed by atoms with Gasteiger partial charge in [0.2, 0.25) is 0 Å². The molecule has 3 nitrogen and oxygen atoms in total. The molecule has 1 aromatic carbocycles. The van der Waals surface area contributed by atoms with Crippen LogP contribution in [-0.4, -0.2) is 11.5 Å². The Morgan fingerprint density at radius 3 is 2.90 bits per heavy atom. The fraction of sp³-hybridized carbons (Fsp3) is 0.267. The minimum atomic E-state index is -0.375. The number of pyridine rings is 1. The monoisotopic (exact) mass is 293 g/mol. The van der Waals surface area contributed by atoms with Crippen LogP contribution in [0.1, 0.15) is 24.1 Å². The fourth-order valence-electron chi connectivity index (χ4n) is 2.17. The van der Waals surface area contributed by atoms with E-state index in [0.29, 0.717) is 17.7 Å². The second kappa shape index (κ2) is 6.68. The first-order valence-corrected chi connectivity index (χ1v) is 6.87. The number of hydrogen-bond acceptors (Lipinski definition) is 3. The molecule has 1 aromatic heterocycles. The van der Waals surface area contributed by atoms with Crippen molar-refractivity contribution in [3.63, 3.8) is 0 Å². The molecule has 1 heterocycles. The Bertz CT molecular complexity index is 589. The number of likely N-dealkylation sites (N-methyl/N-ethyl adjacent to an activating group) is 1. The average Bonchev–Trinajstić information content (AvgIpc) is 2.44. The summed E-state index contributed by atoms with van der Waals surface area (Å²) in [5, 5.41) is 3.44. The van der Waals surface area contributed by atoms with E-state index in [1.165, 1.54) is 0 Å². The van der Waals surface area contributed by atoms with E-state index in [-0.39, 0.29) is 16.9 Å². The zero-order valence-corrected chi connectivity index (χ0v) is 12.0. The van der Waals surface area contributed by atoms with Crippen molar-refractivity contribution in [1.29, 1.82) is 0 Å². The van der Waals surface area contributed by atoms with E-state index >= 15 is 0 Å². The highest BCUT2D eigenvalue weighted by Crippen LogP contribution is 2.26. The van der Waals surface area contributed by atoms with Crippen LogP contribution >= 0.6 is 11.6 Å². The summed E-state index contributed by atoms with van der Waals surface area (Å²) in [4.78, 5) is 4.09. The number of nitrogens with one attached hydrogen (secondary N) is 1. The van der Waals surface area contributed by atoms with Gasteiger partial charge in [0.05, 0.1) is 5.02 Å². The lowest BCUT2D eigenvalue weighted by Crippen LogP contribution is -2.24. The average molecular weight is 294 g/mol. The van der Waals surface area contributed by atoms with E-state index in [9.17, 15) is 4.39 Å². The molecule has 20 heavy (non-hydrogen) atoms. The molecule has 106 valence electrons. The molecular weight excluding hydrogens is 277 g/mol. The van der Waals surface area contributed by atoms with E-state index in [4.69, 9.17) is 17.3 Å². The van der Waals surface area contributed by atoms with Gasteiger partial charge in [-0.25, -0.2) is 4.39 Å². The van der Waals surface area contributed by atoms with Gasteiger partial charge in [-0.15, -0.1) is 0 Å². The Labute approximate surface area is 123 Å². The summed E-state index contributed by atoms with van der Waals surface area (Å²) in [5.74, 6) is -0.375. The maximum Gasteiger partial charge on any atom is 0.145 e. The van der Waals surface area contributed by atoms with Gasteiger partial charge in [-0.2, -0.15) is 0 Å². The molecule has 2 rings (SSSR count). The maximum atomic E-state index is 14.0. The first-order valence-electron chi connectivity index (χ1n) is 6.49. The van der Waals surface area contributed by atoms with Crippen LogP contribution in [0.2, 0.25) is 5.02 Å². The number of aromatic nitrogens is 1. The van der Waals surface area contributed by atoms with Gasteiger partial charge in [0.15, 0.2) is 0 Å². The number of nitrogens with zero attached hydrogens (tertiary/aromatic N) is 1. The Kier molecular flexibility index (Phi) is 4.93. The van der Waals surface area contributed by atoms with Crippen molar-refractivity contribution in [1.82, 2.24) is 10.3 Å². The van der Waals surface area contributed by atoms with Crippen molar-refractivity contribution >= 4 is 17.3 Å². The largest absolute Gasteiger partial charge is 0.398 e. The molecule has 0 amide bonds. The third-order valence-electron chi connectivity index (χ3n) is 3.17. The summed E-state index contributed by atoms with van der Waals surface area (Å²) in [6, 6.07) is 6.67. The van der Waals surface area contributed by atoms with Crippen LogP contribution in [0.4, 0.5) is 10.1 Å². The topological polar surface area (TPSA) is 50.9 Å². The predicted octanol–water partition coefficient (Wildman–Crippen LogP) is 3.35. The number of rotatable bonds is 5. The van der Waals surface area contributed by atoms with Crippen LogP contribution in [0.3, 0.4) is 0 Å². The van der Waals surface area contributed by atoms with Crippen LogP contribution in [0.15, 0.2) is 36.7 Å². The van der Waals surface area contributed by atoms with E-state index < -0.39 is 0 Å². The van der Waals surface area contributed by atoms with Crippen molar-refractivity contribution in [2.45, 2.75) is 19.4 Å². The number of halogens is 2. The van der Waals surface area contributed by atoms with Crippen molar-refractivity contribution < 1.29 is 4.39 Å². The molecule has 0 fully saturated rings. The highest BCUT2D eigenvalue weighted by molar-refractivity contribution is 6.30. The predicted molar refractivity (Wildman–Crippen MR) is 80.2 cm³/mol. The zero-order chi connectivity index (χ0) is 14.5. The highest BCUT2D eigenvalue weighted by atomic mass is 35.5. The van der Waals surface area contributed by atoms with Gasteiger partial charge < -0.3 is 11.1 Å². The van der Waals surface area contributed by atoms with Crippen molar-refractivity contribution in [3.05, 3.63) is 58.6 Å². The van der Waals surface area contributed by atoms with Crippen molar-refractivity contribution in [3.8, 4) is 0 Å². The normalized spacial score (nSPS) is 12.3. The number of benzene rings is 1. The van der Waals surface area contributed by atoms with Gasteiger partial charge in [-0.3, -0.25) is 4.98 Å². The molecule has 0 saturated heterocycles. The maximum absolute atomic E-state index is 14.0. The smallest absolute Gasteiger partial charge is 0.145 e. The van der Waals surface area contributed by atoms with Crippen molar-refractivity contribution in [2.24, 2.45) is 0 Å². The van der Waals surface area contributed by atoms with Gasteiger partial charge >= 0.3 is 0 Å². The lowest BCUT2D eigenvalue weighted by molar-refractivity contribution is 0.528. The molecule has 0 aliphatic rings. The SMILES string of the molecule is CCNC(Cc1cccc(Cl)c1F)c1cnccc1N. The molecule has 0 radical (unpaired) electrons. The lowest BCUT2D eigenvalue weighted by atomic mass is 9.98. The van der Waals surface area contributed by atoms with Gasteiger partial charge in [0, 0.05) is 29.7 Å². The van der Waals surface area contributed by atoms with Crippen LogP contribution in [0, 0.1) is 5.82 Å². The second-order valence-electron chi connectivity index (χ2n) is 4.53. The Morgan fingerprint density at radius 1 is 1.40 bits per heavy atom. The molecule has 0 aliphatic heterocycles. The summed E-state index contributed by atoms with van der Waals surface area (Å²) >= 11 is 5.82. The summed E-state index contributed by atoms with van der Waals surface area (Å²) in [6.45, 7) is 2.75. The van der Waals surface area contributed by atoms with Gasteiger partial charge in [0.1, 0.15) is 5.82 Å². The third-order valence-corrected chi connectivity index (χ3v) is 3.46. The first-order chi connectivity index (χ1) is 9.63. The molecule has 1 atom stereocenters. The molecule has 5 heteroatoms. The Hall–Kier alpha value is -1.65. The van der Waals surface area contributed by atoms with E-state index in [1.807, 2.05) is 6.92 Å². The van der Waals surface area contributed by atoms with Crippen LogP contribution < -0.4 is 11.1 Å². The van der Waals surface area contributed by atoms with E-state index in [2.05, 4.69) is 10.3 Å². The number of anilines is 1. The van der Waals surface area contributed by atoms with Crippen LogP contribution in [0.5, 0.6) is 0 Å². The van der Waals surface area contributed by atoms with E-state index in [0.717, 1.165) is 12.1 Å². The number of nitrogens with two attached hydrogens (primary N) is 1. The quantitative estimate of drug-likeness (QED) is 0.889. The minimum Gasteiger partial charge on any atom is -0.398 e. The zero-order valence-electron chi connectivity index (χ0n) is 11.2. The Balaban J connectivity index is 2.31. The van der Waals surface area contributed by atoms with Crippen molar-refractivity contribution in [2.75, 3.05) is 12.3 Å². The fourth-order valence-corrected chi connectivity index (χ4v) is 2.37. The molecule has 2 aromatic rings. The molecule has 0 bridgehead atoms. The summed E-state index contributed by atoms with van der Waals surface area (Å²) in [6.07, 6.45) is 3.82. The first kappa shape index (κ1) is 14.8. The molecule has 3 N–H and O–H groups in total. The van der Waals surface area contributed by atoms with E-state index in [1.54, 1.807) is 36.7 Å². The summed E-state index contributed by atoms with van der Waals surface area (Å²) in [5.41, 5.74) is 8.05. The molecule has 0 spiro atoms. The number of nitrogen functional groups attached to an aromatic ring is 1. The highest BCUT2D eigenvalue weighted by Gasteiger charge is 2.17. The van der Waals surface area contributed by atoms with Gasteiger partial charge in [-0.05, 0) is 30.7 Å². The summed E-state index contributed by atoms with van der Waals surface area (Å²) < 4.78 is 14.0. The van der Waals surface area contributed by atoms with Crippen LogP contribution in [-0.2, 0) is 6.42 Å². The number of hydrogen-bond donors (Lipinski definition) is 2. The molecule has 1 unspecified atom stereocenters. The standard InChI is InChI=1S/C15H17ClFN3/c1-2-20-14(11-9-19-7-6-13(11)18)8-10-4-3-5-12(16)15(10)17/h3-7,9,14,20H,2,8H2,1H3,(H2,18,19). The lowest BCUT2D eigenvalue weighted by Gasteiger charge is -2.20. The molecule has 0 saturated carbocycles. The molecular formula is C15H17ClFN3. The Morgan fingerprint density at radius 2 is 2.20 bits per heavy atom. The van der Waals surface area contributed by atoms with Crippen LogP contribution in [0.25, 0.3) is 0 Å². The van der Waals surface area contributed by atoms with Gasteiger partial charge in [-0.1, -0.05) is 30.7 Å². The second-order valence-corrected chi connectivity index (χ2v) is 4.94. The molecule has 0 aliphatic carbocycles. The van der Waals surface area contributed by atoms with Gasteiger partial charge in [0.25, 0.3) is 0 Å². The minimum absolute atomic E-state index is 0.0957.